The van der Waals surface area contributed by atoms with Crippen LogP contribution in [-0.4, -0.2) is 12.1 Å². The Hall–Kier alpha value is -0.530. The van der Waals surface area contributed by atoms with Gasteiger partial charge in [0.2, 0.25) is 0 Å². The highest BCUT2D eigenvalue weighted by Gasteiger charge is 2.30. The first kappa shape index (κ1) is 12.5. The van der Waals surface area contributed by atoms with Crippen LogP contribution in [0.5, 0.6) is 0 Å². The molecule has 15 heavy (non-hydrogen) atoms. The summed E-state index contributed by atoms with van der Waals surface area (Å²) in [6, 6.07) is 0. The van der Waals surface area contributed by atoms with Crippen LogP contribution in [0, 0.1) is 11.3 Å². The van der Waals surface area contributed by atoms with Crippen molar-refractivity contribution >= 4 is 5.97 Å². The average molecular weight is 212 g/mol. The second-order valence-electron chi connectivity index (χ2n) is 5.68. The number of carbonyl (C=O) groups is 1. The molecule has 0 radical (unpaired) electrons. The Morgan fingerprint density at radius 3 is 2.13 bits per heavy atom. The number of ether oxygens (including phenoxy) is 1. The van der Waals surface area contributed by atoms with Crippen molar-refractivity contribution in [3.63, 3.8) is 0 Å². The van der Waals surface area contributed by atoms with Gasteiger partial charge in [-0.05, 0) is 37.0 Å². The maximum absolute atomic E-state index is 11.1. The van der Waals surface area contributed by atoms with Gasteiger partial charge in [-0.2, -0.15) is 0 Å². The van der Waals surface area contributed by atoms with Crippen LogP contribution in [0.25, 0.3) is 0 Å². The predicted molar refractivity (Wildman–Crippen MR) is 61.6 cm³/mol. The molecular weight excluding hydrogens is 188 g/mol. The fourth-order valence-corrected chi connectivity index (χ4v) is 2.32. The fraction of sp³-hybridized carbons (Fsp3) is 0.923. The summed E-state index contributed by atoms with van der Waals surface area (Å²) in [5.74, 6) is 0.739. The highest BCUT2D eigenvalue weighted by Crippen LogP contribution is 2.38. The number of hydrogen-bond acceptors (Lipinski definition) is 2. The second kappa shape index (κ2) is 5.00. The average Bonchev–Trinajstić information content (AvgIpc) is 2.17. The molecule has 0 atom stereocenters. The van der Waals surface area contributed by atoms with Crippen LogP contribution in [0.3, 0.4) is 0 Å². The van der Waals surface area contributed by atoms with Crippen molar-refractivity contribution in [2.45, 2.75) is 65.9 Å². The van der Waals surface area contributed by atoms with Gasteiger partial charge in [0.05, 0.1) is 0 Å². The van der Waals surface area contributed by atoms with E-state index in [1.54, 1.807) is 0 Å². The van der Waals surface area contributed by atoms with Gasteiger partial charge in [-0.15, -0.1) is 0 Å². The smallest absolute Gasteiger partial charge is 0.305 e. The van der Waals surface area contributed by atoms with E-state index >= 15 is 0 Å². The summed E-state index contributed by atoms with van der Waals surface area (Å²) < 4.78 is 5.36. The first-order chi connectivity index (χ1) is 6.93. The molecule has 0 N–H and O–H groups in total. The molecule has 2 nitrogen and oxygen atoms in total. The molecule has 0 aliphatic heterocycles. The van der Waals surface area contributed by atoms with Crippen molar-refractivity contribution in [1.82, 2.24) is 0 Å². The van der Waals surface area contributed by atoms with E-state index in [-0.39, 0.29) is 12.1 Å². The molecule has 0 aromatic heterocycles. The number of carbonyl (C=O) groups excluding carboxylic acids is 1. The minimum absolute atomic E-state index is 0.0470. The predicted octanol–water partition coefficient (Wildman–Crippen LogP) is 3.54. The molecule has 1 aliphatic carbocycles. The molecule has 0 unspecified atom stereocenters. The van der Waals surface area contributed by atoms with Gasteiger partial charge in [0, 0.05) is 6.42 Å². The third kappa shape index (κ3) is 3.84. The van der Waals surface area contributed by atoms with Crippen LogP contribution in [0.4, 0.5) is 0 Å². The quantitative estimate of drug-likeness (QED) is 0.654. The van der Waals surface area contributed by atoms with E-state index in [1.165, 1.54) is 12.8 Å². The molecule has 0 spiro atoms. The Balaban J connectivity index is 2.33. The summed E-state index contributed by atoms with van der Waals surface area (Å²) in [5, 5.41) is 0. The molecule has 0 heterocycles. The minimum atomic E-state index is -0.0470. The van der Waals surface area contributed by atoms with Crippen LogP contribution in [0.1, 0.15) is 59.8 Å². The van der Waals surface area contributed by atoms with Crippen LogP contribution in [-0.2, 0) is 9.53 Å². The Bertz CT molecular complexity index is 207. The van der Waals surface area contributed by atoms with E-state index in [0.29, 0.717) is 11.8 Å². The van der Waals surface area contributed by atoms with E-state index < -0.39 is 0 Å². The molecule has 88 valence electrons. The Kier molecular flexibility index (Phi) is 4.18. The van der Waals surface area contributed by atoms with E-state index in [4.69, 9.17) is 4.74 Å². The highest BCUT2D eigenvalue weighted by molar-refractivity contribution is 5.69. The lowest BCUT2D eigenvalue weighted by atomic mass is 9.72. The SMILES string of the molecule is CCC(=O)OC1CCC(C(C)(C)C)CC1. The summed E-state index contributed by atoms with van der Waals surface area (Å²) in [5.41, 5.74) is 0.403. The van der Waals surface area contributed by atoms with Crippen molar-refractivity contribution in [3.8, 4) is 0 Å². The fourth-order valence-electron chi connectivity index (χ4n) is 2.32. The van der Waals surface area contributed by atoms with Crippen LogP contribution >= 0.6 is 0 Å². The number of hydrogen-bond donors (Lipinski definition) is 0. The van der Waals surface area contributed by atoms with E-state index in [2.05, 4.69) is 20.8 Å². The molecule has 1 saturated carbocycles. The maximum Gasteiger partial charge on any atom is 0.305 e. The van der Waals surface area contributed by atoms with Crippen molar-refractivity contribution < 1.29 is 9.53 Å². The zero-order chi connectivity index (χ0) is 11.5. The Morgan fingerprint density at radius 1 is 1.20 bits per heavy atom. The molecule has 2 heteroatoms. The normalized spacial score (nSPS) is 27.5. The zero-order valence-electron chi connectivity index (χ0n) is 10.5. The highest BCUT2D eigenvalue weighted by atomic mass is 16.5. The van der Waals surface area contributed by atoms with Gasteiger partial charge in [0.15, 0.2) is 0 Å². The van der Waals surface area contributed by atoms with Gasteiger partial charge in [-0.25, -0.2) is 0 Å². The van der Waals surface area contributed by atoms with Crippen molar-refractivity contribution in [2.75, 3.05) is 0 Å². The summed E-state index contributed by atoms with van der Waals surface area (Å²) in [7, 11) is 0. The maximum atomic E-state index is 11.1. The molecule has 0 amide bonds. The van der Waals surface area contributed by atoms with Crippen molar-refractivity contribution in [1.29, 1.82) is 0 Å². The molecule has 1 fully saturated rings. The molecule has 0 aromatic rings. The molecule has 0 aromatic carbocycles. The monoisotopic (exact) mass is 212 g/mol. The van der Waals surface area contributed by atoms with E-state index in [9.17, 15) is 4.79 Å². The lowest BCUT2D eigenvalue weighted by Crippen LogP contribution is -2.30. The van der Waals surface area contributed by atoms with Crippen LogP contribution in [0.2, 0.25) is 0 Å². The topological polar surface area (TPSA) is 26.3 Å². The Labute approximate surface area is 93.4 Å². The van der Waals surface area contributed by atoms with Crippen LogP contribution in [0.15, 0.2) is 0 Å². The second-order valence-corrected chi connectivity index (χ2v) is 5.68. The first-order valence-electron chi connectivity index (χ1n) is 6.13. The van der Waals surface area contributed by atoms with Gasteiger partial charge in [0.1, 0.15) is 6.10 Å². The standard InChI is InChI=1S/C13H24O2/c1-5-12(14)15-11-8-6-10(7-9-11)13(2,3)4/h10-11H,5-9H2,1-4H3. The molecule has 0 saturated heterocycles. The number of rotatable bonds is 2. The Morgan fingerprint density at radius 2 is 1.73 bits per heavy atom. The molecule has 0 bridgehead atoms. The summed E-state index contributed by atoms with van der Waals surface area (Å²) in [6.07, 6.45) is 5.19. The minimum Gasteiger partial charge on any atom is -0.462 e. The zero-order valence-corrected chi connectivity index (χ0v) is 10.5. The third-order valence-corrected chi connectivity index (χ3v) is 3.49. The number of esters is 1. The first-order valence-corrected chi connectivity index (χ1v) is 6.13. The largest absolute Gasteiger partial charge is 0.462 e. The van der Waals surface area contributed by atoms with Gasteiger partial charge in [0.25, 0.3) is 0 Å². The van der Waals surface area contributed by atoms with Gasteiger partial charge in [-0.3, -0.25) is 4.79 Å². The molecular formula is C13H24O2. The van der Waals surface area contributed by atoms with Crippen LogP contribution < -0.4 is 0 Å². The summed E-state index contributed by atoms with van der Waals surface area (Å²) in [6.45, 7) is 8.76. The third-order valence-electron chi connectivity index (χ3n) is 3.49. The van der Waals surface area contributed by atoms with Gasteiger partial charge < -0.3 is 4.74 Å². The summed E-state index contributed by atoms with van der Waals surface area (Å²) >= 11 is 0. The van der Waals surface area contributed by atoms with E-state index in [0.717, 1.165) is 18.8 Å². The molecule has 1 aliphatic rings. The summed E-state index contributed by atoms with van der Waals surface area (Å²) in [4.78, 5) is 11.1. The van der Waals surface area contributed by atoms with Gasteiger partial charge in [-0.1, -0.05) is 27.7 Å². The van der Waals surface area contributed by atoms with Gasteiger partial charge >= 0.3 is 5.97 Å². The lowest BCUT2D eigenvalue weighted by Gasteiger charge is -2.36. The van der Waals surface area contributed by atoms with E-state index in [1.807, 2.05) is 6.92 Å². The van der Waals surface area contributed by atoms with Crippen molar-refractivity contribution in [3.05, 3.63) is 0 Å². The lowest BCUT2D eigenvalue weighted by molar-refractivity contribution is -0.150. The molecule has 1 rings (SSSR count). The van der Waals surface area contributed by atoms with Crippen molar-refractivity contribution in [2.24, 2.45) is 11.3 Å².